The van der Waals surface area contributed by atoms with E-state index >= 15 is 0 Å². The molecular formula is C19H19N5O4S. The monoisotopic (exact) mass is 413 g/mol. The summed E-state index contributed by atoms with van der Waals surface area (Å²) in [5, 5.41) is 16.8. The van der Waals surface area contributed by atoms with Crippen molar-refractivity contribution in [3.8, 4) is 11.8 Å². The Morgan fingerprint density at radius 2 is 2.03 bits per heavy atom. The van der Waals surface area contributed by atoms with Gasteiger partial charge in [-0.1, -0.05) is 29.4 Å². The fourth-order valence-corrected chi connectivity index (χ4v) is 4.40. The number of nitrogens with one attached hydrogen (secondary N) is 1. The molecule has 3 aromatic rings. The minimum Gasteiger partial charge on any atom is -0.423 e. The first-order valence-corrected chi connectivity index (χ1v) is 10.2. The topological polar surface area (TPSA) is 100 Å². The summed E-state index contributed by atoms with van der Waals surface area (Å²) >= 11 is 1.57. The van der Waals surface area contributed by atoms with Crippen LogP contribution in [0, 0.1) is 0 Å². The lowest BCUT2D eigenvalue weighted by Crippen LogP contribution is -2.44. The number of benzene rings is 1. The van der Waals surface area contributed by atoms with Crippen LogP contribution in [0.3, 0.4) is 0 Å². The molecule has 0 spiro atoms. The third kappa shape index (κ3) is 3.74. The predicted octanol–water partition coefficient (Wildman–Crippen LogP) is 1.59. The van der Waals surface area contributed by atoms with Crippen LogP contribution in [0.2, 0.25) is 0 Å². The Labute approximate surface area is 170 Å². The summed E-state index contributed by atoms with van der Waals surface area (Å²) in [7, 11) is 0. The highest BCUT2D eigenvalue weighted by atomic mass is 32.1. The molecule has 4 atom stereocenters. The molecule has 1 N–H and O–H groups in total. The number of carbonyl (C=O) groups excluding carboxylic acids is 1. The molecule has 0 aliphatic carbocycles. The van der Waals surface area contributed by atoms with Crippen LogP contribution in [0.25, 0.3) is 0 Å². The van der Waals surface area contributed by atoms with Crippen molar-refractivity contribution in [3.63, 3.8) is 0 Å². The fraction of sp³-hybridized carbons (Fsp3) is 0.368. The zero-order valence-corrected chi connectivity index (χ0v) is 16.2. The quantitative estimate of drug-likeness (QED) is 0.655. The van der Waals surface area contributed by atoms with Gasteiger partial charge in [-0.25, -0.2) is 0 Å². The Morgan fingerprint density at radius 1 is 1.17 bits per heavy atom. The van der Waals surface area contributed by atoms with Gasteiger partial charge < -0.3 is 19.5 Å². The van der Waals surface area contributed by atoms with Crippen molar-refractivity contribution in [2.75, 3.05) is 13.2 Å². The van der Waals surface area contributed by atoms with E-state index in [0.29, 0.717) is 25.4 Å². The Morgan fingerprint density at radius 3 is 2.86 bits per heavy atom. The first-order valence-electron chi connectivity index (χ1n) is 9.33. The van der Waals surface area contributed by atoms with Crippen molar-refractivity contribution in [3.05, 3.63) is 52.7 Å². The van der Waals surface area contributed by atoms with E-state index in [2.05, 4.69) is 20.8 Å². The Bertz CT molecular complexity index is 964. The Kier molecular flexibility index (Phi) is 4.96. The number of amides is 1. The van der Waals surface area contributed by atoms with Gasteiger partial charge in [-0.3, -0.25) is 4.79 Å². The molecule has 2 aliphatic rings. The molecule has 0 saturated carbocycles. The van der Waals surface area contributed by atoms with Gasteiger partial charge >= 0.3 is 6.01 Å². The van der Waals surface area contributed by atoms with Crippen LogP contribution in [0.15, 0.2) is 47.8 Å². The first-order chi connectivity index (χ1) is 14.3. The summed E-state index contributed by atoms with van der Waals surface area (Å²) in [5.74, 6) is 0.606. The molecule has 2 saturated heterocycles. The molecule has 2 fully saturated rings. The highest BCUT2D eigenvalue weighted by Crippen LogP contribution is 2.36. The maximum absolute atomic E-state index is 12.3. The van der Waals surface area contributed by atoms with Gasteiger partial charge in [0.05, 0.1) is 25.7 Å². The van der Waals surface area contributed by atoms with Crippen molar-refractivity contribution in [1.29, 1.82) is 0 Å². The Balaban J connectivity index is 1.25. The largest absolute Gasteiger partial charge is 0.423 e. The van der Waals surface area contributed by atoms with Crippen LogP contribution in [-0.4, -0.2) is 57.6 Å². The van der Waals surface area contributed by atoms with Gasteiger partial charge in [0.1, 0.15) is 24.0 Å². The molecule has 10 heteroatoms. The summed E-state index contributed by atoms with van der Waals surface area (Å²) in [4.78, 5) is 13.4. The number of ether oxygens (including phenoxy) is 3. The van der Waals surface area contributed by atoms with Gasteiger partial charge in [-0.15, -0.1) is 11.3 Å². The molecule has 29 heavy (non-hydrogen) atoms. The molecule has 1 aromatic carbocycles. The van der Waals surface area contributed by atoms with Gasteiger partial charge in [0.15, 0.2) is 0 Å². The van der Waals surface area contributed by atoms with Crippen molar-refractivity contribution >= 4 is 17.2 Å². The van der Waals surface area contributed by atoms with Crippen LogP contribution in [-0.2, 0) is 20.7 Å². The summed E-state index contributed by atoms with van der Waals surface area (Å²) in [6.07, 6.45) is -0.151. The zero-order chi connectivity index (χ0) is 19.6. The van der Waals surface area contributed by atoms with E-state index < -0.39 is 0 Å². The standard InChI is InChI=1S/C19H19N5O4S/c25-16(9-13-7-4-8-29-13)20-14-10-26-18-15(11-27-17(14)18)24-19(21-22-23-24)28-12-5-2-1-3-6-12/h1-8,14-15,17-18H,9-11H2,(H,20,25)/t14-,15+,17-,18+/m0/s1. The minimum absolute atomic E-state index is 0.0377. The highest BCUT2D eigenvalue weighted by Gasteiger charge is 2.50. The van der Waals surface area contributed by atoms with Crippen molar-refractivity contribution in [2.45, 2.75) is 30.7 Å². The van der Waals surface area contributed by atoms with E-state index in [1.807, 2.05) is 47.8 Å². The molecule has 2 aliphatic heterocycles. The van der Waals surface area contributed by atoms with E-state index in [1.54, 1.807) is 16.0 Å². The van der Waals surface area contributed by atoms with Gasteiger partial charge in [0, 0.05) is 4.88 Å². The number of fused-ring (bicyclic) bond motifs is 1. The van der Waals surface area contributed by atoms with Crippen LogP contribution in [0.4, 0.5) is 0 Å². The Hall–Kier alpha value is -2.82. The van der Waals surface area contributed by atoms with E-state index in [0.717, 1.165) is 4.88 Å². The van der Waals surface area contributed by atoms with E-state index in [4.69, 9.17) is 14.2 Å². The normalized spacial score (nSPS) is 25.7. The number of hydrogen-bond donors (Lipinski definition) is 1. The summed E-state index contributed by atoms with van der Waals surface area (Å²) in [5.41, 5.74) is 0. The molecule has 150 valence electrons. The van der Waals surface area contributed by atoms with Gasteiger partial charge in [-0.2, -0.15) is 4.68 Å². The molecule has 0 bridgehead atoms. The van der Waals surface area contributed by atoms with E-state index in [1.165, 1.54) is 0 Å². The lowest BCUT2D eigenvalue weighted by molar-refractivity contribution is -0.121. The van der Waals surface area contributed by atoms with Crippen LogP contribution in [0.5, 0.6) is 11.8 Å². The summed E-state index contributed by atoms with van der Waals surface area (Å²) < 4.78 is 19.3. The molecule has 4 heterocycles. The number of thiophene rings is 1. The van der Waals surface area contributed by atoms with Gasteiger partial charge in [-0.05, 0) is 34.0 Å². The second kappa shape index (κ2) is 7.90. The second-order valence-electron chi connectivity index (χ2n) is 6.91. The van der Waals surface area contributed by atoms with Crippen molar-refractivity contribution < 1.29 is 19.0 Å². The smallest absolute Gasteiger partial charge is 0.341 e. The summed E-state index contributed by atoms with van der Waals surface area (Å²) in [6, 6.07) is 13.1. The fourth-order valence-electron chi connectivity index (χ4n) is 3.70. The highest BCUT2D eigenvalue weighted by molar-refractivity contribution is 7.10. The third-order valence-electron chi connectivity index (χ3n) is 5.02. The lowest BCUT2D eigenvalue weighted by Gasteiger charge is -2.18. The summed E-state index contributed by atoms with van der Waals surface area (Å²) in [6.45, 7) is 0.766. The number of tetrazole rings is 1. The SMILES string of the molecule is O=C(Cc1cccs1)N[C@H]1CO[C@H]2[C@H]1OC[C@H]2n1nnnc1Oc1ccccc1. The minimum atomic E-state index is -0.260. The third-order valence-corrected chi connectivity index (χ3v) is 5.89. The van der Waals surface area contributed by atoms with Crippen molar-refractivity contribution in [1.82, 2.24) is 25.5 Å². The number of hydrogen-bond acceptors (Lipinski definition) is 8. The first kappa shape index (κ1) is 18.2. The van der Waals surface area contributed by atoms with E-state index in [9.17, 15) is 4.79 Å². The number of nitrogens with zero attached hydrogens (tertiary/aromatic N) is 4. The van der Waals surface area contributed by atoms with E-state index in [-0.39, 0.29) is 36.2 Å². The second-order valence-corrected chi connectivity index (χ2v) is 7.95. The van der Waals surface area contributed by atoms with Gasteiger partial charge in [0.2, 0.25) is 5.91 Å². The zero-order valence-electron chi connectivity index (χ0n) is 15.4. The predicted molar refractivity (Wildman–Crippen MR) is 103 cm³/mol. The van der Waals surface area contributed by atoms with Gasteiger partial charge in [0.25, 0.3) is 0 Å². The lowest BCUT2D eigenvalue weighted by atomic mass is 10.1. The average Bonchev–Trinajstić information content (AvgIpc) is 3.49. The molecule has 0 radical (unpaired) electrons. The molecular weight excluding hydrogens is 394 g/mol. The number of aromatic nitrogens is 4. The molecule has 9 nitrogen and oxygen atoms in total. The maximum Gasteiger partial charge on any atom is 0.341 e. The van der Waals surface area contributed by atoms with Crippen LogP contribution in [0.1, 0.15) is 10.9 Å². The van der Waals surface area contributed by atoms with Crippen LogP contribution < -0.4 is 10.1 Å². The number of carbonyl (C=O) groups is 1. The average molecular weight is 413 g/mol. The van der Waals surface area contributed by atoms with Crippen LogP contribution >= 0.6 is 11.3 Å². The maximum atomic E-state index is 12.3. The molecule has 0 unspecified atom stereocenters. The van der Waals surface area contributed by atoms with Crippen molar-refractivity contribution in [2.24, 2.45) is 0 Å². The number of rotatable bonds is 6. The number of para-hydroxylation sites is 1. The molecule has 5 rings (SSSR count). The molecule has 2 aromatic heterocycles. The molecule has 1 amide bonds.